The first-order valence-corrected chi connectivity index (χ1v) is 8.17. The van der Waals surface area contributed by atoms with Crippen molar-refractivity contribution in [2.24, 2.45) is 0 Å². The third-order valence-corrected chi connectivity index (χ3v) is 5.08. The van der Waals surface area contributed by atoms with Crippen molar-refractivity contribution in [3.63, 3.8) is 0 Å². The molecule has 0 aliphatic carbocycles. The van der Waals surface area contributed by atoms with Gasteiger partial charge in [0.15, 0.2) is 5.54 Å². The van der Waals surface area contributed by atoms with Gasteiger partial charge in [-0.1, -0.05) is 48.5 Å². The molecular formula is C19H15F3N2O2. The van der Waals surface area contributed by atoms with E-state index in [1.807, 2.05) is 0 Å². The van der Waals surface area contributed by atoms with Crippen LogP contribution < -0.4 is 5.32 Å². The predicted molar refractivity (Wildman–Crippen MR) is 88.3 cm³/mol. The van der Waals surface area contributed by atoms with Crippen molar-refractivity contribution in [3.8, 4) is 0 Å². The largest absolute Gasteiger partial charge is 0.406 e. The number of para-hydroxylation sites is 1. The molecule has 2 aliphatic rings. The van der Waals surface area contributed by atoms with E-state index < -0.39 is 36.0 Å². The van der Waals surface area contributed by atoms with Gasteiger partial charge in [0, 0.05) is 23.6 Å². The first-order valence-electron chi connectivity index (χ1n) is 8.17. The molecule has 26 heavy (non-hydrogen) atoms. The molecule has 1 spiro atoms. The van der Waals surface area contributed by atoms with Crippen LogP contribution in [0, 0.1) is 0 Å². The molecular weight excluding hydrogens is 345 g/mol. The predicted octanol–water partition coefficient (Wildman–Crippen LogP) is 3.41. The number of alkyl halides is 3. The first kappa shape index (κ1) is 16.6. The van der Waals surface area contributed by atoms with E-state index in [1.54, 1.807) is 54.6 Å². The molecule has 1 saturated heterocycles. The molecule has 0 bridgehead atoms. The van der Waals surface area contributed by atoms with Crippen LogP contribution in [0.3, 0.4) is 0 Å². The van der Waals surface area contributed by atoms with Crippen molar-refractivity contribution in [1.29, 1.82) is 0 Å². The normalized spacial score (nSPS) is 24.9. The Morgan fingerprint density at radius 1 is 1.04 bits per heavy atom. The van der Waals surface area contributed by atoms with Crippen molar-refractivity contribution in [1.82, 2.24) is 4.90 Å². The van der Waals surface area contributed by atoms with Gasteiger partial charge in [0.05, 0.1) is 0 Å². The van der Waals surface area contributed by atoms with E-state index in [2.05, 4.69) is 5.32 Å². The highest BCUT2D eigenvalue weighted by atomic mass is 19.4. The van der Waals surface area contributed by atoms with Crippen LogP contribution in [0.15, 0.2) is 54.6 Å². The van der Waals surface area contributed by atoms with Crippen LogP contribution >= 0.6 is 0 Å². The third-order valence-electron chi connectivity index (χ3n) is 5.08. The van der Waals surface area contributed by atoms with E-state index in [9.17, 15) is 22.8 Å². The lowest BCUT2D eigenvalue weighted by Gasteiger charge is -2.38. The van der Waals surface area contributed by atoms with E-state index >= 15 is 0 Å². The summed E-state index contributed by atoms with van der Waals surface area (Å²) in [5.74, 6) is -1.96. The fourth-order valence-electron chi connectivity index (χ4n) is 4.13. The maximum absolute atomic E-state index is 13.2. The summed E-state index contributed by atoms with van der Waals surface area (Å²) in [5, 5.41) is 2.67. The molecule has 134 valence electrons. The van der Waals surface area contributed by atoms with Crippen molar-refractivity contribution in [3.05, 3.63) is 65.7 Å². The van der Waals surface area contributed by atoms with Gasteiger partial charge in [-0.05, 0) is 11.6 Å². The molecule has 1 N–H and O–H groups in total. The van der Waals surface area contributed by atoms with Crippen molar-refractivity contribution >= 4 is 17.5 Å². The highest BCUT2D eigenvalue weighted by molar-refractivity contribution is 6.10. The zero-order chi connectivity index (χ0) is 18.5. The number of likely N-dealkylation sites (tertiary alicyclic amines) is 1. The Bertz CT molecular complexity index is 882. The Morgan fingerprint density at radius 2 is 1.69 bits per heavy atom. The molecule has 0 aromatic heterocycles. The van der Waals surface area contributed by atoms with E-state index in [0.717, 1.165) is 0 Å². The van der Waals surface area contributed by atoms with Crippen LogP contribution in [-0.2, 0) is 15.1 Å². The molecule has 2 aromatic rings. The summed E-state index contributed by atoms with van der Waals surface area (Å²) in [7, 11) is 0. The number of carbonyl (C=O) groups excluding carboxylic acids is 2. The molecule has 2 amide bonds. The summed E-state index contributed by atoms with van der Waals surface area (Å²) in [5.41, 5.74) is -0.170. The Kier molecular flexibility index (Phi) is 3.57. The van der Waals surface area contributed by atoms with Crippen LogP contribution in [0.25, 0.3) is 0 Å². The van der Waals surface area contributed by atoms with Gasteiger partial charge in [0.2, 0.25) is 5.91 Å². The Labute approximate surface area is 147 Å². The molecule has 0 unspecified atom stereocenters. The molecule has 2 heterocycles. The molecule has 4 rings (SSSR count). The number of amides is 2. The number of hydrogen-bond donors (Lipinski definition) is 1. The number of benzene rings is 2. The van der Waals surface area contributed by atoms with Crippen LogP contribution in [0.1, 0.15) is 23.5 Å². The molecule has 0 saturated carbocycles. The summed E-state index contributed by atoms with van der Waals surface area (Å²) in [4.78, 5) is 26.3. The van der Waals surface area contributed by atoms with E-state index in [-0.39, 0.29) is 6.42 Å². The summed E-state index contributed by atoms with van der Waals surface area (Å²) in [6, 6.07) is 15.4. The first-order chi connectivity index (χ1) is 12.3. The maximum atomic E-state index is 13.2. The number of rotatable bonds is 2. The van der Waals surface area contributed by atoms with Crippen molar-refractivity contribution in [2.45, 2.75) is 24.1 Å². The average molecular weight is 360 g/mol. The molecule has 4 nitrogen and oxygen atoms in total. The van der Waals surface area contributed by atoms with Crippen LogP contribution in [0.2, 0.25) is 0 Å². The Hall–Kier alpha value is -2.83. The highest BCUT2D eigenvalue weighted by Gasteiger charge is 2.64. The van der Waals surface area contributed by atoms with Crippen molar-refractivity contribution in [2.75, 3.05) is 11.9 Å². The van der Waals surface area contributed by atoms with Gasteiger partial charge >= 0.3 is 6.18 Å². The quantitative estimate of drug-likeness (QED) is 0.892. The number of nitrogens with one attached hydrogen (secondary N) is 1. The Balaban J connectivity index is 1.95. The number of anilines is 1. The second-order valence-electron chi connectivity index (χ2n) is 6.53. The monoisotopic (exact) mass is 360 g/mol. The fourth-order valence-corrected chi connectivity index (χ4v) is 4.13. The smallest absolute Gasteiger partial charge is 0.323 e. The van der Waals surface area contributed by atoms with Gasteiger partial charge in [-0.15, -0.1) is 0 Å². The lowest BCUT2D eigenvalue weighted by Crippen LogP contribution is -2.53. The molecule has 7 heteroatoms. The van der Waals surface area contributed by atoms with Gasteiger partial charge < -0.3 is 10.2 Å². The minimum atomic E-state index is -4.61. The minimum Gasteiger partial charge on any atom is -0.323 e. The number of nitrogens with zero attached hydrogens (tertiary/aromatic N) is 1. The number of hydrogen-bond acceptors (Lipinski definition) is 2. The standard InChI is InChI=1S/C19H15F3N2O2/c20-18(21,22)11-24-16(25)10-14(12-6-2-1-3-7-12)19(24)13-8-4-5-9-15(13)23-17(19)26/h1-9,14H,10-11H2,(H,23,26)/t14-,19-/m1/s1. The second-order valence-corrected chi connectivity index (χ2v) is 6.53. The number of halogens is 3. The summed E-state index contributed by atoms with van der Waals surface area (Å²) in [6.45, 7) is -1.46. The van der Waals surface area contributed by atoms with E-state index in [4.69, 9.17) is 0 Å². The van der Waals surface area contributed by atoms with E-state index in [1.165, 1.54) is 0 Å². The molecule has 2 aromatic carbocycles. The van der Waals surface area contributed by atoms with Crippen LogP contribution in [-0.4, -0.2) is 29.4 Å². The van der Waals surface area contributed by atoms with Gasteiger partial charge in [-0.3, -0.25) is 9.59 Å². The van der Waals surface area contributed by atoms with Gasteiger partial charge in [-0.2, -0.15) is 13.2 Å². The summed E-state index contributed by atoms with van der Waals surface area (Å²) >= 11 is 0. The zero-order valence-corrected chi connectivity index (χ0v) is 13.6. The Morgan fingerprint density at radius 3 is 2.38 bits per heavy atom. The molecule has 2 aliphatic heterocycles. The topological polar surface area (TPSA) is 49.4 Å². The third kappa shape index (κ3) is 2.30. The van der Waals surface area contributed by atoms with Gasteiger partial charge in [0.1, 0.15) is 6.54 Å². The van der Waals surface area contributed by atoms with Crippen LogP contribution in [0.4, 0.5) is 18.9 Å². The van der Waals surface area contributed by atoms with Gasteiger partial charge in [0.25, 0.3) is 5.91 Å². The maximum Gasteiger partial charge on any atom is 0.406 e. The summed E-state index contributed by atoms with van der Waals surface area (Å²) in [6.07, 6.45) is -4.76. The fraction of sp³-hybridized carbons (Fsp3) is 0.263. The van der Waals surface area contributed by atoms with Crippen molar-refractivity contribution < 1.29 is 22.8 Å². The second kappa shape index (κ2) is 5.59. The average Bonchev–Trinajstić information content (AvgIpc) is 3.05. The number of carbonyl (C=O) groups is 2. The lowest BCUT2D eigenvalue weighted by atomic mass is 9.75. The molecule has 2 atom stereocenters. The minimum absolute atomic E-state index is 0.151. The van der Waals surface area contributed by atoms with E-state index in [0.29, 0.717) is 21.7 Å². The summed E-state index contributed by atoms with van der Waals surface area (Å²) < 4.78 is 39.7. The number of fused-ring (bicyclic) bond motifs is 2. The lowest BCUT2D eigenvalue weighted by molar-refractivity contribution is -0.170. The molecule has 0 radical (unpaired) electrons. The molecule has 1 fully saturated rings. The van der Waals surface area contributed by atoms with Crippen LogP contribution in [0.5, 0.6) is 0 Å². The zero-order valence-electron chi connectivity index (χ0n) is 13.6. The van der Waals surface area contributed by atoms with Gasteiger partial charge in [-0.25, -0.2) is 0 Å². The highest BCUT2D eigenvalue weighted by Crippen LogP contribution is 2.55. The SMILES string of the molecule is O=C1C[C@H](c2ccccc2)[C@]2(C(=O)Nc3ccccc32)N1CC(F)(F)F.